The lowest BCUT2D eigenvalue weighted by Gasteiger charge is -2.28. The predicted octanol–water partition coefficient (Wildman–Crippen LogP) is 4.07. The zero-order valence-corrected chi connectivity index (χ0v) is 12.0. The molecular formula is C16H22O2. The Labute approximate surface area is 109 Å². The number of benzene rings is 1. The minimum absolute atomic E-state index is 0.00734. The van der Waals surface area contributed by atoms with E-state index < -0.39 is 0 Å². The number of rotatable bonds is 1. The monoisotopic (exact) mass is 246 g/mol. The van der Waals surface area contributed by atoms with Crippen molar-refractivity contribution in [1.29, 1.82) is 0 Å². The summed E-state index contributed by atoms with van der Waals surface area (Å²) in [5.74, 6) is 1.44. The summed E-state index contributed by atoms with van der Waals surface area (Å²) in [6.45, 7) is 11.3. The summed E-state index contributed by atoms with van der Waals surface area (Å²) in [6, 6.07) is 4.21. The highest BCUT2D eigenvalue weighted by molar-refractivity contribution is 6.00. The number of ether oxygens (including phenoxy) is 1. The van der Waals surface area contributed by atoms with Crippen molar-refractivity contribution in [2.24, 2.45) is 0 Å². The number of hydrogen-bond donors (Lipinski definition) is 0. The minimum atomic E-state index is -0.00734. The third-order valence-corrected chi connectivity index (χ3v) is 3.46. The van der Waals surface area contributed by atoms with Gasteiger partial charge in [-0.1, -0.05) is 40.7 Å². The van der Waals surface area contributed by atoms with E-state index in [4.69, 9.17) is 4.74 Å². The Morgan fingerprint density at radius 2 is 1.89 bits per heavy atom. The quantitative estimate of drug-likeness (QED) is 0.746. The van der Waals surface area contributed by atoms with Crippen LogP contribution in [0.5, 0.6) is 5.75 Å². The van der Waals surface area contributed by atoms with Crippen LogP contribution in [0.4, 0.5) is 0 Å². The second kappa shape index (κ2) is 4.42. The zero-order valence-electron chi connectivity index (χ0n) is 12.0. The van der Waals surface area contributed by atoms with Gasteiger partial charge >= 0.3 is 0 Å². The van der Waals surface area contributed by atoms with E-state index in [1.807, 2.05) is 6.07 Å². The Kier molecular flexibility index (Phi) is 3.22. The molecule has 98 valence electrons. The van der Waals surface area contributed by atoms with Crippen molar-refractivity contribution in [3.63, 3.8) is 0 Å². The number of carbonyl (C=O) groups excluding carboxylic acids is 1. The molecule has 0 amide bonds. The summed E-state index contributed by atoms with van der Waals surface area (Å²) in [4.78, 5) is 12.1. The first-order chi connectivity index (χ1) is 8.30. The standard InChI is InChI=1S/C16H22O2/c1-10(2)11-8-12-14(17)6-7-18-15(12)13(9-11)16(3,4)5/h8-10H,6-7H2,1-5H3. The molecule has 0 unspecified atom stereocenters. The van der Waals surface area contributed by atoms with Crippen LogP contribution in [0, 0.1) is 0 Å². The van der Waals surface area contributed by atoms with Gasteiger partial charge in [-0.2, -0.15) is 0 Å². The average molecular weight is 246 g/mol. The van der Waals surface area contributed by atoms with Gasteiger partial charge in [-0.25, -0.2) is 0 Å². The van der Waals surface area contributed by atoms with Crippen LogP contribution in [0.15, 0.2) is 12.1 Å². The maximum absolute atomic E-state index is 12.1. The number of ketones is 1. The van der Waals surface area contributed by atoms with E-state index in [0.29, 0.717) is 18.9 Å². The molecule has 0 bridgehead atoms. The second-order valence-electron chi connectivity index (χ2n) is 6.37. The fourth-order valence-corrected chi connectivity index (χ4v) is 2.28. The van der Waals surface area contributed by atoms with Crippen LogP contribution >= 0.6 is 0 Å². The molecule has 0 N–H and O–H groups in total. The number of Topliss-reactive ketones (excluding diaryl/α,β-unsaturated/α-hetero) is 1. The number of fused-ring (bicyclic) bond motifs is 1. The highest BCUT2D eigenvalue weighted by Crippen LogP contribution is 2.39. The van der Waals surface area contributed by atoms with E-state index >= 15 is 0 Å². The first-order valence-electron chi connectivity index (χ1n) is 6.65. The Balaban J connectivity index is 2.68. The number of hydrogen-bond acceptors (Lipinski definition) is 2. The maximum Gasteiger partial charge on any atom is 0.170 e. The molecule has 0 aromatic heterocycles. The van der Waals surface area contributed by atoms with E-state index in [1.165, 1.54) is 5.56 Å². The van der Waals surface area contributed by atoms with Crippen molar-refractivity contribution in [3.8, 4) is 5.75 Å². The normalized spacial score (nSPS) is 15.6. The van der Waals surface area contributed by atoms with Crippen LogP contribution in [-0.2, 0) is 5.41 Å². The highest BCUT2D eigenvalue weighted by atomic mass is 16.5. The van der Waals surface area contributed by atoms with Crippen molar-refractivity contribution in [2.45, 2.75) is 52.4 Å². The Morgan fingerprint density at radius 1 is 1.22 bits per heavy atom. The average Bonchev–Trinajstić information content (AvgIpc) is 2.27. The van der Waals surface area contributed by atoms with Gasteiger partial charge in [0.1, 0.15) is 5.75 Å². The van der Waals surface area contributed by atoms with Gasteiger partial charge in [0.05, 0.1) is 12.2 Å². The molecule has 0 radical (unpaired) electrons. The van der Waals surface area contributed by atoms with Gasteiger partial charge in [0, 0.05) is 12.0 Å². The third kappa shape index (κ3) is 2.29. The largest absolute Gasteiger partial charge is 0.492 e. The molecule has 0 atom stereocenters. The van der Waals surface area contributed by atoms with Crippen LogP contribution in [0.25, 0.3) is 0 Å². The lowest BCUT2D eigenvalue weighted by molar-refractivity contribution is 0.0931. The molecule has 0 saturated carbocycles. The molecule has 2 rings (SSSR count). The van der Waals surface area contributed by atoms with Crippen molar-refractivity contribution in [1.82, 2.24) is 0 Å². The molecule has 1 aromatic rings. The van der Waals surface area contributed by atoms with Crippen LogP contribution in [0.3, 0.4) is 0 Å². The molecule has 1 heterocycles. The molecule has 1 aliphatic heterocycles. The first kappa shape index (κ1) is 13.1. The van der Waals surface area contributed by atoms with Gasteiger partial charge in [-0.3, -0.25) is 4.79 Å². The smallest absolute Gasteiger partial charge is 0.170 e. The van der Waals surface area contributed by atoms with E-state index in [2.05, 4.69) is 40.7 Å². The van der Waals surface area contributed by atoms with Crippen molar-refractivity contribution in [2.75, 3.05) is 6.61 Å². The van der Waals surface area contributed by atoms with E-state index in [0.717, 1.165) is 16.9 Å². The summed E-state index contributed by atoms with van der Waals surface area (Å²) >= 11 is 0. The molecule has 18 heavy (non-hydrogen) atoms. The molecule has 2 heteroatoms. The van der Waals surface area contributed by atoms with E-state index in [9.17, 15) is 4.79 Å². The van der Waals surface area contributed by atoms with Crippen molar-refractivity contribution >= 4 is 5.78 Å². The number of carbonyl (C=O) groups is 1. The molecule has 0 saturated heterocycles. The Bertz CT molecular complexity index is 479. The predicted molar refractivity (Wildman–Crippen MR) is 73.7 cm³/mol. The SMILES string of the molecule is CC(C)c1cc2c(c(C(C)(C)C)c1)OCCC2=O. The van der Waals surface area contributed by atoms with Crippen LogP contribution in [-0.4, -0.2) is 12.4 Å². The third-order valence-electron chi connectivity index (χ3n) is 3.46. The molecule has 0 fully saturated rings. The van der Waals surface area contributed by atoms with Gasteiger partial charge in [0.2, 0.25) is 0 Å². The molecule has 0 spiro atoms. The summed E-state index contributed by atoms with van der Waals surface area (Å²) in [5, 5.41) is 0. The Hall–Kier alpha value is -1.31. The lowest BCUT2D eigenvalue weighted by Crippen LogP contribution is -2.22. The maximum atomic E-state index is 12.1. The fourth-order valence-electron chi connectivity index (χ4n) is 2.28. The van der Waals surface area contributed by atoms with E-state index in [1.54, 1.807) is 0 Å². The lowest BCUT2D eigenvalue weighted by atomic mass is 9.81. The van der Waals surface area contributed by atoms with E-state index in [-0.39, 0.29) is 11.2 Å². The topological polar surface area (TPSA) is 26.3 Å². The summed E-state index contributed by atoms with van der Waals surface area (Å²) in [7, 11) is 0. The van der Waals surface area contributed by atoms with Gasteiger partial charge in [-0.15, -0.1) is 0 Å². The van der Waals surface area contributed by atoms with Gasteiger partial charge < -0.3 is 4.74 Å². The molecule has 1 aromatic carbocycles. The summed E-state index contributed by atoms with van der Waals surface area (Å²) < 4.78 is 5.77. The van der Waals surface area contributed by atoms with Crippen molar-refractivity contribution in [3.05, 3.63) is 28.8 Å². The zero-order chi connectivity index (χ0) is 13.5. The summed E-state index contributed by atoms with van der Waals surface area (Å²) in [5.41, 5.74) is 3.14. The molecule has 2 nitrogen and oxygen atoms in total. The van der Waals surface area contributed by atoms with Gasteiger partial charge in [0.15, 0.2) is 5.78 Å². The second-order valence-corrected chi connectivity index (χ2v) is 6.37. The molecule has 0 aliphatic carbocycles. The van der Waals surface area contributed by atoms with Crippen LogP contribution in [0.2, 0.25) is 0 Å². The Morgan fingerprint density at radius 3 is 2.44 bits per heavy atom. The van der Waals surface area contributed by atoms with Gasteiger partial charge in [-0.05, 0) is 23.0 Å². The first-order valence-corrected chi connectivity index (χ1v) is 6.65. The fraction of sp³-hybridized carbons (Fsp3) is 0.562. The van der Waals surface area contributed by atoms with Crippen LogP contribution in [0.1, 0.15) is 68.4 Å². The van der Waals surface area contributed by atoms with Crippen LogP contribution < -0.4 is 4.74 Å². The van der Waals surface area contributed by atoms with Crippen molar-refractivity contribution < 1.29 is 9.53 Å². The minimum Gasteiger partial charge on any atom is -0.492 e. The molecule has 1 aliphatic rings. The summed E-state index contributed by atoms with van der Waals surface area (Å²) in [6.07, 6.45) is 0.498. The van der Waals surface area contributed by atoms with Gasteiger partial charge in [0.25, 0.3) is 0 Å². The molecular weight excluding hydrogens is 224 g/mol. The highest BCUT2D eigenvalue weighted by Gasteiger charge is 2.28.